The lowest BCUT2D eigenvalue weighted by Gasteiger charge is -2.31. The molecule has 1 unspecified atom stereocenters. The van der Waals surface area contributed by atoms with E-state index < -0.39 is 5.60 Å². The molecule has 1 heterocycles. The molecule has 1 rings (SSSR count). The molecule has 0 aromatic heterocycles. The summed E-state index contributed by atoms with van der Waals surface area (Å²) in [4.78, 5) is 18.7. The first-order valence-electron chi connectivity index (χ1n) is 6.05. The number of nitrogens with one attached hydrogen (secondary N) is 1. The van der Waals surface area contributed by atoms with Crippen molar-refractivity contribution in [1.29, 1.82) is 0 Å². The summed E-state index contributed by atoms with van der Waals surface area (Å²) in [5, 5.41) is 0. The highest BCUT2D eigenvalue weighted by Gasteiger charge is 2.25. The third-order valence-electron chi connectivity index (χ3n) is 2.20. The van der Waals surface area contributed by atoms with Crippen molar-refractivity contribution in [1.82, 2.24) is 10.4 Å². The van der Waals surface area contributed by atoms with Gasteiger partial charge in [-0.15, -0.1) is 6.58 Å². The fraction of sp³-hybridized carbons (Fsp3) is 0.615. The number of hydrogen-bond donors (Lipinski definition) is 1. The minimum atomic E-state index is -0.472. The van der Waals surface area contributed by atoms with Crippen molar-refractivity contribution in [3.05, 3.63) is 24.8 Å². The molecule has 0 saturated heterocycles. The topological polar surface area (TPSA) is 50.8 Å². The Morgan fingerprint density at radius 1 is 1.61 bits per heavy atom. The second kappa shape index (κ2) is 6.56. The summed E-state index contributed by atoms with van der Waals surface area (Å²) in [7, 11) is 0. The Labute approximate surface area is 108 Å². The third-order valence-corrected chi connectivity index (χ3v) is 2.20. The van der Waals surface area contributed by atoms with Crippen molar-refractivity contribution in [2.75, 3.05) is 19.7 Å². The van der Waals surface area contributed by atoms with Crippen LogP contribution >= 0.6 is 0 Å². The van der Waals surface area contributed by atoms with Crippen LogP contribution in [0.15, 0.2) is 24.8 Å². The maximum Gasteiger partial charge on any atom is 0.410 e. The first kappa shape index (κ1) is 14.7. The average Bonchev–Trinajstić information content (AvgIpc) is 2.27. The maximum absolute atomic E-state index is 11.9. The number of amides is 1. The van der Waals surface area contributed by atoms with Crippen LogP contribution in [0.2, 0.25) is 0 Å². The first-order valence-corrected chi connectivity index (χ1v) is 6.05. The van der Waals surface area contributed by atoms with E-state index in [9.17, 15) is 4.79 Å². The predicted octanol–water partition coefficient (Wildman–Crippen LogP) is 1.87. The normalized spacial score (nSPS) is 19.7. The van der Waals surface area contributed by atoms with Crippen LogP contribution in [0.1, 0.15) is 20.8 Å². The Kier molecular flexibility index (Phi) is 5.37. The van der Waals surface area contributed by atoms with Gasteiger partial charge in [-0.1, -0.05) is 18.2 Å². The fourth-order valence-electron chi connectivity index (χ4n) is 1.49. The van der Waals surface area contributed by atoms with Crippen molar-refractivity contribution in [3.63, 3.8) is 0 Å². The molecule has 0 aliphatic carbocycles. The lowest BCUT2D eigenvalue weighted by molar-refractivity contribution is 0.0111. The van der Waals surface area contributed by atoms with Crippen molar-refractivity contribution < 1.29 is 14.4 Å². The van der Waals surface area contributed by atoms with Gasteiger partial charge in [-0.2, -0.15) is 5.48 Å². The van der Waals surface area contributed by atoms with Crippen LogP contribution in [-0.4, -0.2) is 42.3 Å². The van der Waals surface area contributed by atoms with E-state index in [4.69, 9.17) is 9.57 Å². The number of nitrogens with zero attached hydrogens (tertiary/aromatic N) is 1. The number of hydroxylamine groups is 1. The van der Waals surface area contributed by atoms with Crippen molar-refractivity contribution >= 4 is 6.09 Å². The second-order valence-electron chi connectivity index (χ2n) is 5.14. The highest BCUT2D eigenvalue weighted by Crippen LogP contribution is 2.12. The zero-order chi connectivity index (χ0) is 13.6. The van der Waals surface area contributed by atoms with Crippen molar-refractivity contribution in [2.45, 2.75) is 32.4 Å². The Morgan fingerprint density at radius 2 is 2.33 bits per heavy atom. The zero-order valence-electron chi connectivity index (χ0n) is 11.3. The minimum Gasteiger partial charge on any atom is -0.444 e. The molecule has 0 radical (unpaired) electrons. The molecule has 0 aromatic carbocycles. The molecule has 0 fully saturated rings. The Balaban J connectivity index is 2.43. The molecule has 102 valence electrons. The van der Waals surface area contributed by atoms with Gasteiger partial charge in [0, 0.05) is 13.1 Å². The fourth-order valence-corrected chi connectivity index (χ4v) is 1.49. The lowest BCUT2D eigenvalue weighted by atomic mass is 10.2. The number of ether oxygens (including phenoxy) is 1. The lowest BCUT2D eigenvalue weighted by Crippen LogP contribution is -2.47. The molecule has 1 aliphatic rings. The van der Waals surface area contributed by atoms with Gasteiger partial charge < -0.3 is 9.64 Å². The molecule has 0 saturated carbocycles. The number of carbonyl (C=O) groups is 1. The molecule has 1 aliphatic heterocycles. The summed E-state index contributed by atoms with van der Waals surface area (Å²) < 4.78 is 5.32. The van der Waals surface area contributed by atoms with Crippen LogP contribution < -0.4 is 5.48 Å². The van der Waals surface area contributed by atoms with Crippen LogP contribution in [0, 0.1) is 0 Å². The van der Waals surface area contributed by atoms with Crippen LogP contribution in [0.5, 0.6) is 0 Å². The molecule has 18 heavy (non-hydrogen) atoms. The van der Waals surface area contributed by atoms with Gasteiger partial charge in [-0.25, -0.2) is 4.79 Å². The molecule has 5 heteroatoms. The van der Waals surface area contributed by atoms with E-state index in [0.29, 0.717) is 19.7 Å². The predicted molar refractivity (Wildman–Crippen MR) is 70.0 cm³/mol. The molecule has 5 nitrogen and oxygen atoms in total. The van der Waals surface area contributed by atoms with Gasteiger partial charge in [0.15, 0.2) is 0 Å². The van der Waals surface area contributed by atoms with Crippen LogP contribution in [0.4, 0.5) is 4.79 Å². The zero-order valence-corrected chi connectivity index (χ0v) is 11.3. The summed E-state index contributed by atoms with van der Waals surface area (Å²) in [6.07, 6.45) is 5.25. The number of rotatable bonds is 4. The summed E-state index contributed by atoms with van der Waals surface area (Å²) in [6.45, 7) is 10.6. The van der Waals surface area contributed by atoms with Gasteiger partial charge in [-0.05, 0) is 20.8 Å². The second-order valence-corrected chi connectivity index (χ2v) is 5.14. The van der Waals surface area contributed by atoms with Crippen LogP contribution in [0.25, 0.3) is 0 Å². The van der Waals surface area contributed by atoms with E-state index in [0.717, 1.165) is 0 Å². The summed E-state index contributed by atoms with van der Waals surface area (Å²) in [5.74, 6) is 0. The van der Waals surface area contributed by atoms with Crippen molar-refractivity contribution in [2.24, 2.45) is 0 Å². The van der Waals surface area contributed by atoms with Gasteiger partial charge in [0.2, 0.25) is 0 Å². The van der Waals surface area contributed by atoms with Crippen molar-refractivity contribution in [3.8, 4) is 0 Å². The molecular weight excluding hydrogens is 232 g/mol. The van der Waals surface area contributed by atoms with E-state index in [1.165, 1.54) is 0 Å². The minimum absolute atomic E-state index is 0.0220. The van der Waals surface area contributed by atoms with Gasteiger partial charge in [0.05, 0.1) is 12.6 Å². The quantitative estimate of drug-likeness (QED) is 0.473. The molecular formula is C13H22N2O3. The number of hydrogen-bond acceptors (Lipinski definition) is 4. The smallest absolute Gasteiger partial charge is 0.410 e. The maximum atomic E-state index is 11.9. The molecule has 1 atom stereocenters. The molecule has 0 aromatic rings. The molecule has 1 amide bonds. The molecule has 0 spiro atoms. The summed E-state index contributed by atoms with van der Waals surface area (Å²) in [5.41, 5.74) is 2.39. The summed E-state index contributed by atoms with van der Waals surface area (Å²) in [6, 6.07) is -0.0220. The average molecular weight is 254 g/mol. The standard InChI is InChI=1S/C13H22N2O3/c1-5-9-17-14-11-7-6-8-15(10-11)12(16)18-13(2,3)4/h5-7,11,14H,1,8-10H2,2-4H3. The van der Waals surface area contributed by atoms with E-state index in [1.54, 1.807) is 11.0 Å². The SMILES string of the molecule is C=CCONC1C=CCN(C(=O)OC(C)(C)C)C1. The van der Waals surface area contributed by atoms with E-state index in [-0.39, 0.29) is 12.1 Å². The third kappa shape index (κ3) is 5.33. The highest BCUT2D eigenvalue weighted by molar-refractivity contribution is 5.68. The monoisotopic (exact) mass is 254 g/mol. The molecule has 0 bridgehead atoms. The van der Waals surface area contributed by atoms with Gasteiger partial charge in [0.1, 0.15) is 5.60 Å². The van der Waals surface area contributed by atoms with Gasteiger partial charge >= 0.3 is 6.09 Å². The van der Waals surface area contributed by atoms with E-state index in [2.05, 4.69) is 12.1 Å². The van der Waals surface area contributed by atoms with Gasteiger partial charge in [-0.3, -0.25) is 4.84 Å². The molecule has 1 N–H and O–H groups in total. The Hall–Kier alpha value is -1.33. The van der Waals surface area contributed by atoms with Crippen LogP contribution in [0.3, 0.4) is 0 Å². The summed E-state index contributed by atoms with van der Waals surface area (Å²) >= 11 is 0. The van der Waals surface area contributed by atoms with E-state index >= 15 is 0 Å². The largest absolute Gasteiger partial charge is 0.444 e. The highest BCUT2D eigenvalue weighted by atomic mass is 16.6. The van der Waals surface area contributed by atoms with Crippen LogP contribution in [-0.2, 0) is 9.57 Å². The van der Waals surface area contributed by atoms with Gasteiger partial charge in [0.25, 0.3) is 0 Å². The first-order chi connectivity index (χ1) is 8.42. The Morgan fingerprint density at radius 3 is 2.94 bits per heavy atom. The van der Waals surface area contributed by atoms with E-state index in [1.807, 2.05) is 32.9 Å². The Bertz CT molecular complexity index is 321. The number of carbonyl (C=O) groups excluding carboxylic acids is 1.